The standard InChI is InChI=1S/C16H29N3O7P2/c1-6-7(2)23-8(3)13(11(6)20)25-15-10(18-19-17)12(21)14-9(24-15)5-22-16(26-14)28-27-4/h6-16,20-21,27-28H,5H2,1-4H3/t6?,7-,8?,9?,10?,11-,12+,13+,14+,15-,16?/m0/s1. The Bertz CT molecular complexity index is 584. The molecule has 3 fully saturated rings. The van der Waals surface area contributed by atoms with Crippen LogP contribution in [-0.4, -0.2) is 84.6 Å². The van der Waals surface area contributed by atoms with Crippen LogP contribution in [0.25, 0.3) is 10.4 Å². The van der Waals surface area contributed by atoms with Gasteiger partial charge in [-0.25, -0.2) is 0 Å². The molecule has 3 saturated heterocycles. The highest BCUT2D eigenvalue weighted by molar-refractivity contribution is 8.11. The maximum absolute atomic E-state index is 10.8. The second kappa shape index (κ2) is 9.80. The fourth-order valence-electron chi connectivity index (χ4n) is 3.80. The summed E-state index contributed by atoms with van der Waals surface area (Å²) in [6.45, 7) is 7.90. The van der Waals surface area contributed by atoms with E-state index in [4.69, 9.17) is 29.2 Å². The third-order valence-corrected chi connectivity index (χ3v) is 7.98. The fourth-order valence-corrected chi connectivity index (χ4v) is 5.60. The molecule has 0 amide bonds. The van der Waals surface area contributed by atoms with E-state index in [9.17, 15) is 10.2 Å². The van der Waals surface area contributed by atoms with Crippen molar-refractivity contribution in [2.45, 2.75) is 81.9 Å². The zero-order valence-electron chi connectivity index (χ0n) is 16.3. The Morgan fingerprint density at radius 3 is 2.54 bits per heavy atom. The number of fused-ring (bicyclic) bond motifs is 1. The molecule has 7 unspecified atom stereocenters. The van der Waals surface area contributed by atoms with Crippen molar-refractivity contribution in [3.05, 3.63) is 10.4 Å². The molecule has 13 atom stereocenters. The van der Waals surface area contributed by atoms with E-state index in [1.807, 2.05) is 20.8 Å². The maximum Gasteiger partial charge on any atom is 0.177 e. The van der Waals surface area contributed by atoms with Crippen molar-refractivity contribution in [2.75, 3.05) is 13.3 Å². The number of aliphatic hydroxyl groups is 2. The first-order chi connectivity index (χ1) is 13.4. The summed E-state index contributed by atoms with van der Waals surface area (Å²) in [5, 5.41) is 25.2. The van der Waals surface area contributed by atoms with Crippen molar-refractivity contribution in [1.82, 2.24) is 0 Å². The van der Waals surface area contributed by atoms with Crippen LogP contribution in [0.2, 0.25) is 0 Å². The molecular weight excluding hydrogens is 408 g/mol. The lowest BCUT2D eigenvalue weighted by Crippen LogP contribution is -2.64. The average Bonchev–Trinajstić information content (AvgIpc) is 2.67. The van der Waals surface area contributed by atoms with Gasteiger partial charge < -0.3 is 33.9 Å². The van der Waals surface area contributed by atoms with Gasteiger partial charge in [-0.1, -0.05) is 20.3 Å². The van der Waals surface area contributed by atoms with Crippen molar-refractivity contribution in [1.29, 1.82) is 0 Å². The molecule has 0 aromatic rings. The van der Waals surface area contributed by atoms with Crippen LogP contribution in [0.4, 0.5) is 0 Å². The Morgan fingerprint density at radius 1 is 1.11 bits per heavy atom. The van der Waals surface area contributed by atoms with Crippen molar-refractivity contribution in [3.63, 3.8) is 0 Å². The molecule has 12 heteroatoms. The van der Waals surface area contributed by atoms with Gasteiger partial charge in [-0.15, -0.1) is 0 Å². The molecule has 0 aromatic heterocycles. The molecule has 2 N–H and O–H groups in total. The summed E-state index contributed by atoms with van der Waals surface area (Å²) in [4.78, 5) is 2.84. The van der Waals surface area contributed by atoms with Gasteiger partial charge in [0.05, 0.1) is 31.0 Å². The molecule has 0 saturated carbocycles. The molecular formula is C16H29N3O7P2. The lowest BCUT2D eigenvalue weighted by molar-refractivity contribution is -0.343. The molecule has 0 spiro atoms. The van der Waals surface area contributed by atoms with E-state index >= 15 is 0 Å². The smallest absolute Gasteiger partial charge is 0.177 e. The maximum atomic E-state index is 10.8. The first kappa shape index (κ1) is 22.6. The lowest BCUT2D eigenvalue weighted by Gasteiger charge is -2.49. The minimum absolute atomic E-state index is 0.114. The Morgan fingerprint density at radius 2 is 1.86 bits per heavy atom. The first-order valence-electron chi connectivity index (χ1n) is 9.43. The van der Waals surface area contributed by atoms with Crippen LogP contribution in [0.5, 0.6) is 0 Å². The van der Waals surface area contributed by atoms with E-state index < -0.39 is 42.9 Å². The van der Waals surface area contributed by atoms with Crippen LogP contribution >= 0.6 is 16.5 Å². The molecule has 160 valence electrons. The van der Waals surface area contributed by atoms with Crippen molar-refractivity contribution >= 4 is 16.5 Å². The second-order valence-corrected chi connectivity index (χ2v) is 11.0. The second-order valence-electron chi connectivity index (χ2n) is 7.39. The van der Waals surface area contributed by atoms with Crippen molar-refractivity contribution in [2.24, 2.45) is 11.0 Å². The summed E-state index contributed by atoms with van der Waals surface area (Å²) in [6, 6.07) is -1.39. The molecule has 0 aliphatic carbocycles. The van der Waals surface area contributed by atoms with E-state index in [1.165, 1.54) is 0 Å². The van der Waals surface area contributed by atoms with Crippen LogP contribution in [0.15, 0.2) is 5.11 Å². The van der Waals surface area contributed by atoms with Crippen molar-refractivity contribution < 1.29 is 33.9 Å². The Hall–Kier alpha value is -0.110. The highest BCUT2D eigenvalue weighted by atomic mass is 32.0. The number of azide groups is 1. The number of rotatable bonds is 5. The predicted octanol–water partition coefficient (Wildman–Crippen LogP) is 1.54. The van der Waals surface area contributed by atoms with Gasteiger partial charge in [-0.3, -0.25) is 0 Å². The summed E-state index contributed by atoms with van der Waals surface area (Å²) in [6.07, 6.45) is -5.33. The Balaban J connectivity index is 1.75. The van der Waals surface area contributed by atoms with E-state index in [2.05, 4.69) is 16.7 Å². The van der Waals surface area contributed by atoms with E-state index in [0.29, 0.717) is 16.5 Å². The van der Waals surface area contributed by atoms with Crippen LogP contribution in [0.3, 0.4) is 0 Å². The van der Waals surface area contributed by atoms with Gasteiger partial charge in [0, 0.05) is 10.8 Å². The molecule has 0 bridgehead atoms. The normalized spacial score (nSPS) is 50.0. The van der Waals surface area contributed by atoms with Gasteiger partial charge in [-0.05, 0) is 34.3 Å². The molecule has 3 aliphatic rings. The summed E-state index contributed by atoms with van der Waals surface area (Å²) in [7, 11) is 1.14. The summed E-state index contributed by atoms with van der Waals surface area (Å²) in [5.41, 5.74) is 8.97. The molecule has 3 heterocycles. The van der Waals surface area contributed by atoms with Gasteiger partial charge >= 0.3 is 0 Å². The fraction of sp³-hybridized carbons (Fsp3) is 1.00. The number of aliphatic hydroxyl groups excluding tert-OH is 2. The van der Waals surface area contributed by atoms with Gasteiger partial charge in [0.15, 0.2) is 12.3 Å². The predicted molar refractivity (Wildman–Crippen MR) is 105 cm³/mol. The number of nitrogens with zero attached hydrogens (tertiary/aromatic N) is 3. The third-order valence-electron chi connectivity index (χ3n) is 5.58. The van der Waals surface area contributed by atoms with Crippen LogP contribution in [0, 0.1) is 5.92 Å². The molecule has 3 aliphatic heterocycles. The van der Waals surface area contributed by atoms with Crippen LogP contribution in [0.1, 0.15) is 20.8 Å². The zero-order valence-corrected chi connectivity index (χ0v) is 18.3. The molecule has 0 aromatic carbocycles. The topological polar surface area (TPSA) is 135 Å². The average molecular weight is 437 g/mol. The van der Waals surface area contributed by atoms with E-state index in [-0.39, 0.29) is 30.8 Å². The number of hydrogen-bond acceptors (Lipinski definition) is 8. The van der Waals surface area contributed by atoms with Crippen molar-refractivity contribution in [3.8, 4) is 0 Å². The van der Waals surface area contributed by atoms with Gasteiger partial charge in [0.2, 0.25) is 0 Å². The van der Waals surface area contributed by atoms with Gasteiger partial charge in [-0.2, -0.15) is 0 Å². The molecule has 10 nitrogen and oxygen atoms in total. The van der Waals surface area contributed by atoms with E-state index in [1.54, 1.807) is 0 Å². The Labute approximate surface area is 167 Å². The molecule has 0 radical (unpaired) electrons. The van der Waals surface area contributed by atoms with Crippen LogP contribution < -0.4 is 0 Å². The largest absolute Gasteiger partial charge is 0.390 e. The summed E-state index contributed by atoms with van der Waals surface area (Å²) >= 11 is 0. The Kier molecular flexibility index (Phi) is 7.90. The summed E-state index contributed by atoms with van der Waals surface area (Å²) in [5.74, 6) is -0.140. The van der Waals surface area contributed by atoms with E-state index in [0.717, 1.165) is 0 Å². The highest BCUT2D eigenvalue weighted by Gasteiger charge is 2.51. The minimum Gasteiger partial charge on any atom is -0.390 e. The SMILES string of the molecule is CPPC1OCC2O[C@@H](O[C@@H]3C(C)O[C@@H](C)C(C)[C@@H]3O)C(N=[N+]=[N-])[C@@H](O)[C@@H]2O1. The number of ether oxygens (including phenoxy) is 5. The quantitative estimate of drug-likeness (QED) is 0.288. The summed E-state index contributed by atoms with van der Waals surface area (Å²) < 4.78 is 29.3. The molecule has 3 rings (SSSR count). The van der Waals surface area contributed by atoms with Crippen LogP contribution in [-0.2, 0) is 23.7 Å². The molecule has 28 heavy (non-hydrogen) atoms. The lowest BCUT2D eigenvalue weighted by atomic mass is 9.89. The van der Waals surface area contributed by atoms with Gasteiger partial charge in [0.25, 0.3) is 0 Å². The minimum atomic E-state index is -1.11. The third kappa shape index (κ3) is 4.62. The zero-order chi connectivity index (χ0) is 20.4. The number of hydrogen-bond donors (Lipinski definition) is 2. The first-order valence-corrected chi connectivity index (χ1v) is 13.0. The van der Waals surface area contributed by atoms with Gasteiger partial charge in [0.1, 0.15) is 24.4 Å². The highest BCUT2D eigenvalue weighted by Crippen LogP contribution is 2.43. The monoisotopic (exact) mass is 437 g/mol.